The van der Waals surface area contributed by atoms with Crippen molar-refractivity contribution in [2.24, 2.45) is 0 Å². The molecule has 3 heteroatoms. The molecule has 2 N–H and O–H groups in total. The fraction of sp³-hybridized carbons (Fsp3) is 0.0500. The lowest BCUT2D eigenvalue weighted by Crippen LogP contribution is -2.37. The molecule has 0 spiro atoms. The van der Waals surface area contributed by atoms with Gasteiger partial charge in [-0.1, -0.05) is 121 Å². The second-order valence-electron chi connectivity index (χ2n) is 11.1. The maximum Gasteiger partial charge on any atom is 0.103 e. The van der Waals surface area contributed by atoms with E-state index in [2.05, 4.69) is 179 Å². The zero-order valence-electron chi connectivity index (χ0n) is 23.7. The lowest BCUT2D eigenvalue weighted by Gasteiger charge is -2.29. The molecule has 1 aliphatic rings. The summed E-state index contributed by atoms with van der Waals surface area (Å²) >= 11 is 0. The van der Waals surface area contributed by atoms with Crippen LogP contribution in [0.2, 0.25) is 0 Å². The molecule has 0 fully saturated rings. The number of aromatic nitrogens is 1. The van der Waals surface area contributed by atoms with Crippen molar-refractivity contribution in [2.45, 2.75) is 12.2 Å². The molecule has 0 saturated heterocycles. The molecule has 43 heavy (non-hydrogen) atoms. The van der Waals surface area contributed by atoms with E-state index in [0.29, 0.717) is 0 Å². The Morgan fingerprint density at radius 1 is 0.465 bits per heavy atom. The molecular weight excluding hydrogens is 522 g/mol. The number of hydrogen-bond acceptors (Lipinski definition) is 2. The highest BCUT2D eigenvalue weighted by atomic mass is 15.1. The van der Waals surface area contributed by atoms with Crippen molar-refractivity contribution in [3.8, 4) is 27.9 Å². The minimum Gasteiger partial charge on any atom is -0.372 e. The van der Waals surface area contributed by atoms with Crippen LogP contribution in [-0.2, 0) is 0 Å². The second kappa shape index (κ2) is 10.8. The number of benzene rings is 6. The number of rotatable bonds is 5. The molecule has 7 aromatic rings. The summed E-state index contributed by atoms with van der Waals surface area (Å²) in [4.78, 5) is 0. The summed E-state index contributed by atoms with van der Waals surface area (Å²) in [7, 11) is 0. The summed E-state index contributed by atoms with van der Waals surface area (Å²) in [5, 5.41) is 9.88. The SMILES string of the molecule is C1=CC(c2cccc(-c3ccc(-c4ccccc4)cc3)c2)NC(c2ccc(-n3c4ccccc4c4ccccc43)cc2)N1. The minimum absolute atomic E-state index is 0.0102. The Morgan fingerprint density at radius 2 is 1.05 bits per heavy atom. The van der Waals surface area contributed by atoms with Crippen LogP contribution >= 0.6 is 0 Å². The summed E-state index contributed by atoms with van der Waals surface area (Å²) < 4.78 is 2.36. The predicted molar refractivity (Wildman–Crippen MR) is 179 cm³/mol. The molecule has 2 unspecified atom stereocenters. The van der Waals surface area contributed by atoms with E-state index in [4.69, 9.17) is 0 Å². The first-order chi connectivity index (χ1) is 21.3. The first-order valence-corrected chi connectivity index (χ1v) is 14.8. The highest BCUT2D eigenvalue weighted by Gasteiger charge is 2.20. The largest absolute Gasteiger partial charge is 0.372 e. The first-order valence-electron chi connectivity index (χ1n) is 14.8. The van der Waals surface area contributed by atoms with E-state index < -0.39 is 0 Å². The van der Waals surface area contributed by atoms with Crippen LogP contribution in [0.3, 0.4) is 0 Å². The minimum atomic E-state index is 0.0102. The predicted octanol–water partition coefficient (Wildman–Crippen LogP) is 9.56. The zero-order valence-corrected chi connectivity index (χ0v) is 23.7. The third-order valence-corrected chi connectivity index (χ3v) is 8.53. The molecule has 6 aromatic carbocycles. The van der Waals surface area contributed by atoms with Gasteiger partial charge >= 0.3 is 0 Å². The molecular formula is C40H31N3. The van der Waals surface area contributed by atoms with Crippen molar-refractivity contribution in [3.05, 3.63) is 175 Å². The Morgan fingerprint density at radius 3 is 1.74 bits per heavy atom. The van der Waals surface area contributed by atoms with Crippen molar-refractivity contribution in [1.29, 1.82) is 0 Å². The van der Waals surface area contributed by atoms with E-state index in [1.165, 1.54) is 55.2 Å². The molecule has 3 nitrogen and oxygen atoms in total. The van der Waals surface area contributed by atoms with Crippen LogP contribution in [-0.4, -0.2) is 4.57 Å². The Labute approximate surface area is 251 Å². The number of nitrogens with one attached hydrogen (secondary N) is 2. The molecule has 0 saturated carbocycles. The molecule has 206 valence electrons. The van der Waals surface area contributed by atoms with Crippen molar-refractivity contribution in [2.75, 3.05) is 0 Å². The normalized spacial score (nSPS) is 16.4. The summed E-state index contributed by atoms with van der Waals surface area (Å²) in [6, 6.07) is 54.5. The van der Waals surface area contributed by atoms with E-state index in [9.17, 15) is 0 Å². The molecule has 8 rings (SSSR count). The Balaban J connectivity index is 1.04. The number of nitrogens with zero attached hydrogens (tertiary/aromatic N) is 1. The molecule has 1 aliphatic heterocycles. The summed E-state index contributed by atoms with van der Waals surface area (Å²) in [6.45, 7) is 0. The molecule has 1 aromatic heterocycles. The van der Waals surface area contributed by atoms with Gasteiger partial charge in [-0.05, 0) is 76.0 Å². The third-order valence-electron chi connectivity index (χ3n) is 8.53. The van der Waals surface area contributed by atoms with E-state index in [1.807, 2.05) is 0 Å². The van der Waals surface area contributed by atoms with E-state index in [-0.39, 0.29) is 12.2 Å². The summed E-state index contributed by atoms with van der Waals surface area (Å²) in [5.41, 5.74) is 11.0. The fourth-order valence-corrected chi connectivity index (χ4v) is 6.34. The van der Waals surface area contributed by atoms with Crippen LogP contribution in [0.25, 0.3) is 49.7 Å². The van der Waals surface area contributed by atoms with Gasteiger partial charge in [-0.2, -0.15) is 0 Å². The maximum atomic E-state index is 3.80. The molecule has 0 radical (unpaired) electrons. The van der Waals surface area contributed by atoms with Crippen LogP contribution in [0.4, 0.5) is 0 Å². The Hall–Kier alpha value is -5.38. The smallest absolute Gasteiger partial charge is 0.103 e. The lowest BCUT2D eigenvalue weighted by atomic mass is 9.96. The molecule has 2 atom stereocenters. The molecule has 0 aliphatic carbocycles. The van der Waals surface area contributed by atoms with Crippen LogP contribution in [0.5, 0.6) is 0 Å². The number of hydrogen-bond donors (Lipinski definition) is 2. The van der Waals surface area contributed by atoms with Gasteiger partial charge in [0.2, 0.25) is 0 Å². The van der Waals surface area contributed by atoms with Crippen molar-refractivity contribution in [1.82, 2.24) is 15.2 Å². The van der Waals surface area contributed by atoms with E-state index in [0.717, 1.165) is 5.69 Å². The van der Waals surface area contributed by atoms with Crippen LogP contribution in [0, 0.1) is 0 Å². The van der Waals surface area contributed by atoms with E-state index >= 15 is 0 Å². The van der Waals surface area contributed by atoms with Gasteiger partial charge in [0.1, 0.15) is 6.17 Å². The fourth-order valence-electron chi connectivity index (χ4n) is 6.34. The molecule has 2 heterocycles. The number of para-hydroxylation sites is 2. The van der Waals surface area contributed by atoms with Gasteiger partial charge in [0.05, 0.1) is 17.1 Å². The van der Waals surface area contributed by atoms with Crippen LogP contribution in [0.1, 0.15) is 23.3 Å². The van der Waals surface area contributed by atoms with Gasteiger partial charge in [0.15, 0.2) is 0 Å². The van der Waals surface area contributed by atoms with Gasteiger partial charge in [-0.15, -0.1) is 0 Å². The molecule has 0 amide bonds. The van der Waals surface area contributed by atoms with Gasteiger partial charge in [0, 0.05) is 16.5 Å². The maximum absolute atomic E-state index is 3.80. The standard InChI is InChI=1S/C40H31N3/c1-2-9-28(10-3-1)29-17-19-30(20-18-29)32-11-8-12-33(27-32)37-25-26-41-40(42-37)31-21-23-34(24-22-31)43-38-15-6-4-13-35(38)36-14-5-7-16-39(36)43/h1-27,37,40-42H. The highest BCUT2D eigenvalue weighted by molar-refractivity contribution is 6.09. The average molecular weight is 554 g/mol. The number of fused-ring (bicyclic) bond motifs is 3. The van der Waals surface area contributed by atoms with Crippen molar-refractivity contribution < 1.29 is 0 Å². The monoisotopic (exact) mass is 553 g/mol. The molecule has 0 bridgehead atoms. The topological polar surface area (TPSA) is 29.0 Å². The van der Waals surface area contributed by atoms with Crippen molar-refractivity contribution in [3.63, 3.8) is 0 Å². The Bertz CT molecular complexity index is 2020. The van der Waals surface area contributed by atoms with Gasteiger partial charge in [-0.3, -0.25) is 5.32 Å². The van der Waals surface area contributed by atoms with Crippen LogP contribution in [0.15, 0.2) is 164 Å². The van der Waals surface area contributed by atoms with Gasteiger partial charge in [-0.25, -0.2) is 0 Å². The first kappa shape index (κ1) is 25.3. The summed E-state index contributed by atoms with van der Waals surface area (Å²) in [6.07, 6.45) is 4.28. The quantitative estimate of drug-likeness (QED) is 0.222. The summed E-state index contributed by atoms with van der Waals surface area (Å²) in [5.74, 6) is 0. The van der Waals surface area contributed by atoms with Gasteiger partial charge < -0.3 is 9.88 Å². The zero-order chi connectivity index (χ0) is 28.6. The van der Waals surface area contributed by atoms with Gasteiger partial charge in [0.25, 0.3) is 0 Å². The second-order valence-corrected chi connectivity index (χ2v) is 11.1. The lowest BCUT2D eigenvalue weighted by molar-refractivity contribution is 0.433. The highest BCUT2D eigenvalue weighted by Crippen LogP contribution is 2.33. The van der Waals surface area contributed by atoms with E-state index in [1.54, 1.807) is 0 Å². The third kappa shape index (κ3) is 4.70. The van der Waals surface area contributed by atoms with Crippen molar-refractivity contribution >= 4 is 21.8 Å². The Kier molecular flexibility index (Phi) is 6.36. The average Bonchev–Trinajstić information content (AvgIpc) is 3.43. The van der Waals surface area contributed by atoms with Crippen LogP contribution < -0.4 is 10.6 Å².